The van der Waals surface area contributed by atoms with Crippen LogP contribution >= 0.6 is 12.2 Å². The molecule has 0 aliphatic rings. The SMILES string of the molecule is CN/C=C(/CC(NC(=O)C(N)CCCN=C(N)N)C(=O)NC(CCCCN)C(=O)NC(Cc1ccccc1)C(N)=O)NC=S. The molecule has 0 aliphatic heterocycles. The number of nitrogens with two attached hydrogens (primary N) is 5. The van der Waals surface area contributed by atoms with Gasteiger partial charge in [-0.05, 0) is 44.2 Å². The Labute approximate surface area is 263 Å². The number of thiocarbonyl (C=S) groups is 1. The van der Waals surface area contributed by atoms with Gasteiger partial charge in [-0.1, -0.05) is 42.5 Å². The van der Waals surface area contributed by atoms with Crippen molar-refractivity contribution in [2.75, 3.05) is 20.1 Å². The predicted molar refractivity (Wildman–Crippen MR) is 174 cm³/mol. The average Bonchev–Trinajstić information content (AvgIpc) is 2.98. The van der Waals surface area contributed by atoms with Gasteiger partial charge >= 0.3 is 0 Å². The maximum atomic E-state index is 13.6. The second kappa shape index (κ2) is 21.4. The molecule has 0 heterocycles. The van der Waals surface area contributed by atoms with Crippen LogP contribution in [0.2, 0.25) is 0 Å². The van der Waals surface area contributed by atoms with Crippen molar-refractivity contribution in [2.24, 2.45) is 33.7 Å². The third-order valence-corrected chi connectivity index (χ3v) is 6.56. The number of primary amides is 1. The summed E-state index contributed by atoms with van der Waals surface area (Å²) in [5, 5.41) is 13.8. The van der Waals surface area contributed by atoms with Crippen LogP contribution < -0.4 is 55.3 Å². The molecule has 4 amide bonds. The predicted octanol–water partition coefficient (Wildman–Crippen LogP) is -2.32. The van der Waals surface area contributed by atoms with E-state index in [-0.39, 0.29) is 38.2 Å². The van der Waals surface area contributed by atoms with Crippen LogP contribution in [-0.4, -0.2) is 79.4 Å². The highest BCUT2D eigenvalue weighted by Gasteiger charge is 2.30. The normalized spacial score (nSPS) is 13.8. The summed E-state index contributed by atoms with van der Waals surface area (Å²) in [5.74, 6) is -2.62. The van der Waals surface area contributed by atoms with Crippen molar-refractivity contribution in [1.82, 2.24) is 26.6 Å². The fourth-order valence-electron chi connectivity index (χ4n) is 4.15. The van der Waals surface area contributed by atoms with Crippen molar-refractivity contribution < 1.29 is 19.2 Å². The van der Waals surface area contributed by atoms with E-state index in [0.29, 0.717) is 31.5 Å². The Morgan fingerprint density at radius 3 is 2.11 bits per heavy atom. The van der Waals surface area contributed by atoms with E-state index in [1.54, 1.807) is 13.2 Å². The third kappa shape index (κ3) is 15.3. The van der Waals surface area contributed by atoms with E-state index < -0.39 is 47.8 Å². The van der Waals surface area contributed by atoms with E-state index >= 15 is 0 Å². The van der Waals surface area contributed by atoms with Crippen molar-refractivity contribution in [3.63, 3.8) is 0 Å². The molecule has 244 valence electrons. The zero-order valence-electron chi connectivity index (χ0n) is 25.1. The minimum absolute atomic E-state index is 0.0126. The molecule has 44 heavy (non-hydrogen) atoms. The Kier molecular flexibility index (Phi) is 18.4. The summed E-state index contributed by atoms with van der Waals surface area (Å²) >= 11 is 4.90. The van der Waals surface area contributed by atoms with Gasteiger partial charge in [0.15, 0.2) is 5.96 Å². The van der Waals surface area contributed by atoms with Crippen LogP contribution in [0.4, 0.5) is 0 Å². The highest BCUT2D eigenvalue weighted by atomic mass is 32.1. The maximum Gasteiger partial charge on any atom is 0.243 e. The van der Waals surface area contributed by atoms with Gasteiger partial charge in [0.2, 0.25) is 23.6 Å². The van der Waals surface area contributed by atoms with Gasteiger partial charge in [0, 0.05) is 38.3 Å². The Morgan fingerprint density at radius 1 is 0.886 bits per heavy atom. The van der Waals surface area contributed by atoms with Crippen molar-refractivity contribution in [2.45, 2.75) is 69.1 Å². The van der Waals surface area contributed by atoms with Crippen molar-refractivity contribution in [3.05, 3.63) is 47.8 Å². The summed E-state index contributed by atoms with van der Waals surface area (Å²) in [4.78, 5) is 56.1. The molecule has 0 aromatic heterocycles. The number of nitrogens with one attached hydrogen (secondary N) is 5. The lowest BCUT2D eigenvalue weighted by Crippen LogP contribution is -2.58. The molecular formula is C28H47N11O4S. The molecule has 0 aliphatic carbocycles. The zero-order chi connectivity index (χ0) is 32.9. The average molecular weight is 634 g/mol. The Morgan fingerprint density at radius 2 is 1.52 bits per heavy atom. The topological polar surface area (TPSA) is 271 Å². The molecule has 15 N–H and O–H groups in total. The van der Waals surface area contributed by atoms with E-state index in [1.807, 2.05) is 30.3 Å². The van der Waals surface area contributed by atoms with Gasteiger partial charge in [-0.25, -0.2) is 0 Å². The van der Waals surface area contributed by atoms with Gasteiger partial charge in [0.1, 0.15) is 18.1 Å². The van der Waals surface area contributed by atoms with Gasteiger partial charge in [-0.3, -0.25) is 24.2 Å². The lowest BCUT2D eigenvalue weighted by atomic mass is 10.0. The Balaban J connectivity index is 3.15. The zero-order valence-corrected chi connectivity index (χ0v) is 25.9. The summed E-state index contributed by atoms with van der Waals surface area (Å²) in [6, 6.07) is 4.92. The van der Waals surface area contributed by atoms with Crippen molar-refractivity contribution in [3.8, 4) is 0 Å². The largest absolute Gasteiger partial charge is 0.393 e. The molecule has 1 aromatic carbocycles. The van der Waals surface area contributed by atoms with Crippen LogP contribution in [0.15, 0.2) is 47.2 Å². The first-order valence-electron chi connectivity index (χ1n) is 14.3. The van der Waals surface area contributed by atoms with Gasteiger partial charge in [0.25, 0.3) is 0 Å². The number of guanidine groups is 1. The van der Waals surface area contributed by atoms with Crippen LogP contribution in [0.5, 0.6) is 0 Å². The first-order chi connectivity index (χ1) is 21.0. The van der Waals surface area contributed by atoms with E-state index in [4.69, 9.17) is 40.9 Å². The first-order valence-corrected chi connectivity index (χ1v) is 14.8. The minimum atomic E-state index is -1.14. The number of amides is 4. The number of carbonyl (C=O) groups excluding carboxylic acids is 4. The number of nitrogens with zero attached hydrogens (tertiary/aromatic N) is 1. The molecule has 4 atom stereocenters. The van der Waals surface area contributed by atoms with Crippen LogP contribution in [0.25, 0.3) is 0 Å². The lowest BCUT2D eigenvalue weighted by molar-refractivity contribution is -0.133. The maximum absolute atomic E-state index is 13.6. The fraction of sp³-hybridized carbons (Fsp3) is 0.500. The molecule has 0 saturated heterocycles. The number of hydrogen-bond donors (Lipinski definition) is 10. The minimum Gasteiger partial charge on any atom is -0.393 e. The standard InChI is InChI=1S/C28H47N11O4S/c1-34-16-19(36-17-44)15-23(39-25(41)20(30)10-7-13-35-28(32)33)27(43)37-21(11-5-6-12-29)26(42)38-22(24(31)40)14-18-8-3-2-4-9-18/h2-4,8-9,16-17,20-23,34H,5-7,10-15,29-30H2,1H3,(H2,31,40)(H,36,44)(H,37,43)(H,38,42)(H,39,41)(H4,32,33,35)/b19-16-. The second-order valence-corrected chi connectivity index (χ2v) is 10.3. The smallest absolute Gasteiger partial charge is 0.243 e. The summed E-state index contributed by atoms with van der Waals surface area (Å²) < 4.78 is 0. The molecule has 0 spiro atoms. The van der Waals surface area contributed by atoms with Gasteiger partial charge < -0.3 is 55.3 Å². The van der Waals surface area contributed by atoms with Crippen LogP contribution in [0.3, 0.4) is 0 Å². The molecule has 1 rings (SSSR count). The molecule has 15 nitrogen and oxygen atoms in total. The number of benzene rings is 1. The quantitative estimate of drug-likeness (QED) is 0.0280. The highest BCUT2D eigenvalue weighted by molar-refractivity contribution is 7.78. The van der Waals surface area contributed by atoms with Crippen LogP contribution in [0.1, 0.15) is 44.1 Å². The second-order valence-electron chi connectivity index (χ2n) is 10.0. The van der Waals surface area contributed by atoms with Gasteiger partial charge in [0.05, 0.1) is 11.5 Å². The van der Waals surface area contributed by atoms with E-state index in [0.717, 1.165) is 5.56 Å². The number of aliphatic imine (C=N–C) groups is 1. The molecule has 0 saturated carbocycles. The molecule has 16 heteroatoms. The lowest BCUT2D eigenvalue weighted by Gasteiger charge is -2.26. The summed E-state index contributed by atoms with van der Waals surface area (Å²) in [7, 11) is 1.66. The molecule has 0 radical (unpaired) electrons. The molecule has 0 fully saturated rings. The number of hydrogen-bond acceptors (Lipinski definition) is 9. The Hall–Kier alpha value is -4.28. The summed E-state index contributed by atoms with van der Waals surface area (Å²) in [5.41, 5.74) is 30.5. The van der Waals surface area contributed by atoms with E-state index in [1.165, 1.54) is 5.49 Å². The highest BCUT2D eigenvalue weighted by Crippen LogP contribution is 2.09. The van der Waals surface area contributed by atoms with Crippen LogP contribution in [0, 0.1) is 0 Å². The fourth-order valence-corrected chi connectivity index (χ4v) is 4.30. The molecule has 0 bridgehead atoms. The Bertz CT molecular complexity index is 1130. The number of unbranched alkanes of at least 4 members (excludes halogenated alkanes) is 1. The van der Waals surface area contributed by atoms with E-state index in [2.05, 4.69) is 31.6 Å². The van der Waals surface area contributed by atoms with Crippen LogP contribution in [-0.2, 0) is 25.6 Å². The monoisotopic (exact) mass is 633 g/mol. The third-order valence-electron chi connectivity index (χ3n) is 6.45. The summed E-state index contributed by atoms with van der Waals surface area (Å²) in [6.07, 6.45) is 3.79. The van der Waals surface area contributed by atoms with Crippen molar-refractivity contribution in [1.29, 1.82) is 0 Å². The van der Waals surface area contributed by atoms with Crippen molar-refractivity contribution >= 4 is 47.3 Å². The van der Waals surface area contributed by atoms with Gasteiger partial charge in [-0.2, -0.15) is 0 Å². The molecule has 1 aromatic rings. The van der Waals surface area contributed by atoms with Gasteiger partial charge in [-0.15, -0.1) is 0 Å². The first kappa shape index (κ1) is 37.7. The number of carbonyl (C=O) groups is 4. The summed E-state index contributed by atoms with van der Waals surface area (Å²) in [6.45, 7) is 0.679. The molecule has 4 unspecified atom stereocenters. The van der Waals surface area contributed by atoms with E-state index in [9.17, 15) is 19.2 Å². The number of rotatable bonds is 22. The molecular weight excluding hydrogens is 586 g/mol.